The highest BCUT2D eigenvalue weighted by Gasteiger charge is 2.32. The zero-order chi connectivity index (χ0) is 14.9. The van der Waals surface area contributed by atoms with Crippen molar-refractivity contribution < 1.29 is 17.9 Å². The lowest BCUT2D eigenvalue weighted by Crippen LogP contribution is -2.34. The molecule has 1 atom stereocenters. The van der Waals surface area contributed by atoms with Crippen molar-refractivity contribution in [2.24, 2.45) is 0 Å². The molecule has 2 rings (SSSR count). The normalized spacial score (nSPS) is 17.4. The van der Waals surface area contributed by atoms with Gasteiger partial charge in [-0.25, -0.2) is 13.2 Å². The van der Waals surface area contributed by atoms with E-state index in [0.29, 0.717) is 17.7 Å². The fraction of sp³-hybridized carbons (Fsp3) is 0.357. The van der Waals surface area contributed by atoms with Crippen LogP contribution in [0.5, 0.6) is 0 Å². The maximum absolute atomic E-state index is 11.8. The number of hydrogen-bond donors (Lipinski definition) is 0. The number of terminal acetylenes is 1. The molecule has 1 aliphatic rings. The van der Waals surface area contributed by atoms with Gasteiger partial charge in [-0.1, -0.05) is 5.92 Å². The molecule has 0 saturated carbocycles. The molecule has 0 aliphatic carbocycles. The van der Waals surface area contributed by atoms with Crippen LogP contribution in [0.4, 0.5) is 5.69 Å². The van der Waals surface area contributed by atoms with Gasteiger partial charge in [0.05, 0.1) is 17.5 Å². The zero-order valence-electron chi connectivity index (χ0n) is 11.3. The van der Waals surface area contributed by atoms with Crippen LogP contribution in [0.2, 0.25) is 0 Å². The second-order valence-corrected chi connectivity index (χ2v) is 6.60. The van der Waals surface area contributed by atoms with Gasteiger partial charge in [-0.05, 0) is 37.1 Å². The van der Waals surface area contributed by atoms with Gasteiger partial charge in [0.15, 0.2) is 6.61 Å². The van der Waals surface area contributed by atoms with Gasteiger partial charge in [0, 0.05) is 6.04 Å². The van der Waals surface area contributed by atoms with Crippen LogP contribution in [0, 0.1) is 12.3 Å². The Bertz CT molecular complexity index is 688. The number of ether oxygens (including phenoxy) is 1. The summed E-state index contributed by atoms with van der Waals surface area (Å²) in [6, 6.07) is 4.69. The maximum Gasteiger partial charge on any atom is 0.339 e. The lowest BCUT2D eigenvalue weighted by molar-refractivity contribution is 0.0556. The first kappa shape index (κ1) is 14.4. The Morgan fingerprint density at radius 3 is 2.85 bits per heavy atom. The third kappa shape index (κ3) is 2.63. The first-order chi connectivity index (χ1) is 9.34. The highest BCUT2D eigenvalue weighted by atomic mass is 32.2. The van der Waals surface area contributed by atoms with Crippen LogP contribution < -0.4 is 4.31 Å². The average Bonchev–Trinajstić information content (AvgIpc) is 2.70. The fourth-order valence-electron chi connectivity index (χ4n) is 2.43. The molecule has 0 fully saturated rings. The van der Waals surface area contributed by atoms with Gasteiger partial charge in [0.2, 0.25) is 10.0 Å². The number of carbonyl (C=O) groups excluding carboxylic acids is 1. The summed E-state index contributed by atoms with van der Waals surface area (Å²) in [6.45, 7) is 1.75. The van der Waals surface area contributed by atoms with Crippen molar-refractivity contribution >= 4 is 21.7 Å². The minimum atomic E-state index is -3.32. The van der Waals surface area contributed by atoms with Crippen molar-refractivity contribution in [1.29, 1.82) is 0 Å². The van der Waals surface area contributed by atoms with Crippen LogP contribution in [-0.4, -0.2) is 33.3 Å². The van der Waals surface area contributed by atoms with Gasteiger partial charge < -0.3 is 4.74 Å². The monoisotopic (exact) mass is 293 g/mol. The lowest BCUT2D eigenvalue weighted by atomic mass is 10.1. The molecule has 1 heterocycles. The smallest absolute Gasteiger partial charge is 0.339 e. The van der Waals surface area contributed by atoms with E-state index >= 15 is 0 Å². The van der Waals surface area contributed by atoms with Crippen LogP contribution in [0.25, 0.3) is 0 Å². The summed E-state index contributed by atoms with van der Waals surface area (Å²) in [4.78, 5) is 11.7. The van der Waals surface area contributed by atoms with Crippen molar-refractivity contribution in [1.82, 2.24) is 0 Å². The van der Waals surface area contributed by atoms with Crippen LogP contribution in [-0.2, 0) is 21.2 Å². The van der Waals surface area contributed by atoms with E-state index in [-0.39, 0.29) is 12.6 Å². The zero-order valence-corrected chi connectivity index (χ0v) is 12.1. The molecule has 0 amide bonds. The number of sulfonamides is 1. The van der Waals surface area contributed by atoms with E-state index in [0.717, 1.165) is 5.56 Å². The second kappa shape index (κ2) is 5.17. The third-order valence-electron chi connectivity index (χ3n) is 3.11. The number of rotatable bonds is 3. The van der Waals surface area contributed by atoms with E-state index in [4.69, 9.17) is 11.2 Å². The van der Waals surface area contributed by atoms with Gasteiger partial charge in [0.25, 0.3) is 0 Å². The Morgan fingerprint density at radius 2 is 2.25 bits per heavy atom. The van der Waals surface area contributed by atoms with Crippen LogP contribution in [0.1, 0.15) is 22.8 Å². The molecule has 0 N–H and O–H groups in total. The molecule has 20 heavy (non-hydrogen) atoms. The highest BCUT2D eigenvalue weighted by molar-refractivity contribution is 7.92. The van der Waals surface area contributed by atoms with Crippen molar-refractivity contribution in [2.45, 2.75) is 19.4 Å². The number of fused-ring (bicyclic) bond motifs is 1. The number of hydrogen-bond acceptors (Lipinski definition) is 4. The van der Waals surface area contributed by atoms with Crippen LogP contribution >= 0.6 is 0 Å². The fourth-order valence-corrected chi connectivity index (χ4v) is 3.69. The van der Waals surface area contributed by atoms with Crippen LogP contribution in [0.3, 0.4) is 0 Å². The van der Waals surface area contributed by atoms with E-state index in [1.165, 1.54) is 10.6 Å². The van der Waals surface area contributed by atoms with E-state index in [1.807, 2.05) is 6.92 Å². The Hall–Kier alpha value is -2.00. The summed E-state index contributed by atoms with van der Waals surface area (Å²) in [5, 5.41) is 0. The molecule has 1 unspecified atom stereocenters. The number of nitrogens with zero attached hydrogens (tertiary/aromatic N) is 1. The Labute approximate surface area is 118 Å². The summed E-state index contributed by atoms with van der Waals surface area (Å²) in [5.41, 5.74) is 1.81. The minimum Gasteiger partial charge on any atom is -0.449 e. The molecule has 106 valence electrons. The first-order valence-electron chi connectivity index (χ1n) is 6.07. The molecule has 0 radical (unpaired) electrons. The molecular formula is C14H15NO4S. The molecular weight excluding hydrogens is 278 g/mol. The van der Waals surface area contributed by atoms with E-state index in [1.54, 1.807) is 18.2 Å². The summed E-state index contributed by atoms with van der Waals surface area (Å²) in [6.07, 6.45) is 6.77. The van der Waals surface area contributed by atoms with Gasteiger partial charge >= 0.3 is 5.97 Å². The average molecular weight is 293 g/mol. The molecule has 0 bridgehead atoms. The van der Waals surface area contributed by atoms with Gasteiger partial charge in [-0.15, -0.1) is 6.42 Å². The quantitative estimate of drug-likeness (QED) is 0.620. The topological polar surface area (TPSA) is 63.7 Å². The Morgan fingerprint density at radius 1 is 1.55 bits per heavy atom. The minimum absolute atomic E-state index is 0.0816. The SMILES string of the molecule is C#CCOC(=O)c1ccc2c(c1)CC(C)N2S(C)(=O)=O. The molecule has 0 spiro atoms. The van der Waals surface area contributed by atoms with Crippen molar-refractivity contribution in [3.05, 3.63) is 29.3 Å². The summed E-state index contributed by atoms with van der Waals surface area (Å²) < 4.78 is 29.8. The number of carbonyl (C=O) groups is 1. The molecule has 1 aliphatic heterocycles. The summed E-state index contributed by atoms with van der Waals surface area (Å²) >= 11 is 0. The second-order valence-electron chi connectivity index (χ2n) is 4.74. The summed E-state index contributed by atoms with van der Waals surface area (Å²) in [7, 11) is -3.32. The molecule has 0 saturated heterocycles. The first-order valence-corrected chi connectivity index (χ1v) is 7.92. The molecule has 1 aromatic carbocycles. The molecule has 6 heteroatoms. The van der Waals surface area contributed by atoms with E-state index in [2.05, 4.69) is 5.92 Å². The number of anilines is 1. The van der Waals surface area contributed by atoms with Crippen molar-refractivity contribution in [2.75, 3.05) is 17.2 Å². The van der Waals surface area contributed by atoms with Crippen molar-refractivity contribution in [3.8, 4) is 12.3 Å². The number of benzene rings is 1. The highest BCUT2D eigenvalue weighted by Crippen LogP contribution is 2.34. The lowest BCUT2D eigenvalue weighted by Gasteiger charge is -2.21. The third-order valence-corrected chi connectivity index (χ3v) is 4.38. The Balaban J connectivity index is 2.34. The Kier molecular flexibility index (Phi) is 3.73. The van der Waals surface area contributed by atoms with Crippen LogP contribution in [0.15, 0.2) is 18.2 Å². The predicted molar refractivity (Wildman–Crippen MR) is 76.0 cm³/mol. The standard InChI is InChI=1S/C14H15NO4S/c1-4-7-19-14(16)11-5-6-13-12(9-11)8-10(2)15(13)20(3,17)18/h1,5-6,9-10H,7-8H2,2-3H3. The largest absolute Gasteiger partial charge is 0.449 e. The number of esters is 1. The molecule has 0 aromatic heterocycles. The van der Waals surface area contributed by atoms with E-state index in [9.17, 15) is 13.2 Å². The molecule has 1 aromatic rings. The molecule has 5 nitrogen and oxygen atoms in total. The van der Waals surface area contributed by atoms with Crippen molar-refractivity contribution in [3.63, 3.8) is 0 Å². The van der Waals surface area contributed by atoms with Gasteiger partial charge in [-0.3, -0.25) is 4.31 Å². The maximum atomic E-state index is 11.8. The predicted octanol–water partition coefficient (Wildman–Crippen LogP) is 1.19. The van der Waals surface area contributed by atoms with Gasteiger partial charge in [-0.2, -0.15) is 0 Å². The summed E-state index contributed by atoms with van der Waals surface area (Å²) in [5.74, 6) is 1.72. The van der Waals surface area contributed by atoms with E-state index < -0.39 is 16.0 Å². The van der Waals surface area contributed by atoms with Gasteiger partial charge in [0.1, 0.15) is 0 Å².